The molecule has 1 aromatic heterocycles. The number of anilines is 4. The average molecular weight is 383 g/mol. The van der Waals surface area contributed by atoms with Crippen molar-refractivity contribution in [2.45, 2.75) is 13.3 Å². The molecule has 0 aliphatic heterocycles. The van der Waals surface area contributed by atoms with Gasteiger partial charge < -0.3 is 15.4 Å². The van der Waals surface area contributed by atoms with Gasteiger partial charge in [0.05, 0.1) is 11.9 Å². The van der Waals surface area contributed by atoms with Crippen LogP contribution in [-0.2, 0) is 6.42 Å². The molecule has 0 atom stereocenters. The van der Waals surface area contributed by atoms with Crippen molar-refractivity contribution < 1.29 is 4.74 Å². The lowest BCUT2D eigenvalue weighted by Gasteiger charge is -2.13. The molecule has 0 aliphatic rings. The zero-order valence-electron chi connectivity index (χ0n) is 16.0. The van der Waals surface area contributed by atoms with E-state index >= 15 is 0 Å². The minimum atomic E-state index is 0.428. The lowest BCUT2D eigenvalue weighted by atomic mass is 10.1. The maximum Gasteiger partial charge on any atom is 0.249 e. The summed E-state index contributed by atoms with van der Waals surface area (Å²) in [6.45, 7) is 2.11. The van der Waals surface area contributed by atoms with Gasteiger partial charge in [0.25, 0.3) is 0 Å². The third-order valence-corrected chi connectivity index (χ3v) is 4.32. The number of nitrogens with zero attached hydrogens (tertiary/aromatic N) is 3. The monoisotopic (exact) mass is 383 g/mol. The second kappa shape index (κ2) is 8.84. The summed E-state index contributed by atoms with van der Waals surface area (Å²) in [7, 11) is 0. The highest BCUT2D eigenvalue weighted by atomic mass is 16.5. The van der Waals surface area contributed by atoms with Crippen molar-refractivity contribution in [1.82, 2.24) is 15.2 Å². The normalized spacial score (nSPS) is 10.4. The van der Waals surface area contributed by atoms with Gasteiger partial charge in [0.15, 0.2) is 11.6 Å². The van der Waals surface area contributed by atoms with Crippen LogP contribution in [0.2, 0.25) is 0 Å². The standard InChI is InChI=1S/C23H21N5O/c1-2-17-10-6-7-13-19(17)26-23-27-22(16-24-28-23)25-20-14-8-9-15-21(20)29-18-11-4-3-5-12-18/h3-16H,2H2,1H3,(H2,25,26,27,28). The molecule has 0 saturated carbocycles. The van der Waals surface area contributed by atoms with E-state index in [2.05, 4.69) is 38.8 Å². The maximum atomic E-state index is 6.00. The van der Waals surface area contributed by atoms with Crippen molar-refractivity contribution in [2.24, 2.45) is 0 Å². The molecule has 29 heavy (non-hydrogen) atoms. The van der Waals surface area contributed by atoms with Crippen molar-refractivity contribution in [3.8, 4) is 11.5 Å². The van der Waals surface area contributed by atoms with Crippen LogP contribution in [0.4, 0.5) is 23.1 Å². The number of aryl methyl sites for hydroxylation is 1. The Hall–Kier alpha value is -3.93. The fraction of sp³-hybridized carbons (Fsp3) is 0.0870. The van der Waals surface area contributed by atoms with Gasteiger partial charge in [-0.1, -0.05) is 55.5 Å². The first-order valence-electron chi connectivity index (χ1n) is 9.45. The lowest BCUT2D eigenvalue weighted by Crippen LogP contribution is -2.04. The van der Waals surface area contributed by atoms with E-state index in [9.17, 15) is 0 Å². The average Bonchev–Trinajstić information content (AvgIpc) is 2.77. The summed E-state index contributed by atoms with van der Waals surface area (Å²) in [5.74, 6) is 2.46. The van der Waals surface area contributed by atoms with Crippen LogP contribution in [0.1, 0.15) is 12.5 Å². The van der Waals surface area contributed by atoms with E-state index in [-0.39, 0.29) is 0 Å². The van der Waals surface area contributed by atoms with E-state index in [4.69, 9.17) is 4.74 Å². The Labute approximate surface area is 169 Å². The second-order valence-electron chi connectivity index (χ2n) is 6.34. The molecule has 0 aliphatic carbocycles. The van der Waals surface area contributed by atoms with Crippen LogP contribution in [0, 0.1) is 0 Å². The van der Waals surface area contributed by atoms with Gasteiger partial charge in [0.2, 0.25) is 5.95 Å². The molecule has 0 saturated heterocycles. The third kappa shape index (κ3) is 4.68. The molecule has 6 heteroatoms. The molecule has 0 amide bonds. The van der Waals surface area contributed by atoms with E-state index in [1.54, 1.807) is 6.20 Å². The zero-order chi connectivity index (χ0) is 19.9. The second-order valence-corrected chi connectivity index (χ2v) is 6.34. The van der Waals surface area contributed by atoms with Crippen LogP contribution in [0.5, 0.6) is 11.5 Å². The van der Waals surface area contributed by atoms with Gasteiger partial charge >= 0.3 is 0 Å². The van der Waals surface area contributed by atoms with Crippen LogP contribution >= 0.6 is 0 Å². The predicted molar refractivity (Wildman–Crippen MR) is 115 cm³/mol. The minimum absolute atomic E-state index is 0.428. The number of hydrogen-bond donors (Lipinski definition) is 2. The van der Waals surface area contributed by atoms with Crippen molar-refractivity contribution in [2.75, 3.05) is 10.6 Å². The summed E-state index contributed by atoms with van der Waals surface area (Å²) in [5, 5.41) is 14.7. The van der Waals surface area contributed by atoms with E-state index in [0.29, 0.717) is 17.5 Å². The summed E-state index contributed by atoms with van der Waals surface area (Å²) >= 11 is 0. The lowest BCUT2D eigenvalue weighted by molar-refractivity contribution is 0.485. The summed E-state index contributed by atoms with van der Waals surface area (Å²) < 4.78 is 6.00. The molecule has 2 N–H and O–H groups in total. The smallest absolute Gasteiger partial charge is 0.249 e. The number of ether oxygens (including phenoxy) is 1. The molecule has 144 valence electrons. The maximum absolute atomic E-state index is 6.00. The van der Waals surface area contributed by atoms with Crippen LogP contribution in [-0.4, -0.2) is 15.2 Å². The minimum Gasteiger partial charge on any atom is -0.455 e. The van der Waals surface area contributed by atoms with Crippen molar-refractivity contribution in [3.63, 3.8) is 0 Å². The molecule has 0 radical (unpaired) electrons. The molecule has 0 spiro atoms. The highest BCUT2D eigenvalue weighted by molar-refractivity contribution is 5.65. The first-order valence-corrected chi connectivity index (χ1v) is 9.45. The molecule has 0 unspecified atom stereocenters. The largest absolute Gasteiger partial charge is 0.455 e. The number of rotatable bonds is 7. The summed E-state index contributed by atoms with van der Waals surface area (Å²) in [6.07, 6.45) is 2.49. The Kier molecular flexibility index (Phi) is 5.62. The fourth-order valence-electron chi connectivity index (χ4n) is 2.90. The predicted octanol–water partition coefficient (Wildman–Crippen LogP) is 5.71. The number of benzene rings is 3. The summed E-state index contributed by atoms with van der Waals surface area (Å²) in [5.41, 5.74) is 2.95. The molecule has 3 aromatic carbocycles. The Morgan fingerprint density at radius 3 is 2.34 bits per heavy atom. The first-order chi connectivity index (χ1) is 14.3. The van der Waals surface area contributed by atoms with Crippen LogP contribution in [0.25, 0.3) is 0 Å². The molecular weight excluding hydrogens is 362 g/mol. The summed E-state index contributed by atoms with van der Waals surface area (Å²) in [6, 6.07) is 25.4. The molecule has 4 rings (SSSR count). The first kappa shape index (κ1) is 18.4. The Balaban J connectivity index is 1.54. The Bertz CT molecular complexity index is 1090. The Morgan fingerprint density at radius 2 is 1.52 bits per heavy atom. The number of hydrogen-bond acceptors (Lipinski definition) is 6. The third-order valence-electron chi connectivity index (χ3n) is 4.32. The van der Waals surface area contributed by atoms with Crippen molar-refractivity contribution in [1.29, 1.82) is 0 Å². The molecular formula is C23H21N5O. The summed E-state index contributed by atoms with van der Waals surface area (Å²) in [4.78, 5) is 4.54. The molecule has 0 bridgehead atoms. The van der Waals surface area contributed by atoms with Crippen LogP contribution in [0.15, 0.2) is 85.1 Å². The SMILES string of the molecule is CCc1ccccc1Nc1nncc(Nc2ccccc2Oc2ccccc2)n1. The van der Waals surface area contributed by atoms with Gasteiger partial charge in [-0.2, -0.15) is 10.1 Å². The molecule has 1 heterocycles. The molecule has 4 aromatic rings. The van der Waals surface area contributed by atoms with Gasteiger partial charge in [-0.25, -0.2) is 0 Å². The van der Waals surface area contributed by atoms with E-state index < -0.39 is 0 Å². The van der Waals surface area contributed by atoms with E-state index in [1.165, 1.54) is 5.56 Å². The molecule has 6 nitrogen and oxygen atoms in total. The number of para-hydroxylation sites is 4. The van der Waals surface area contributed by atoms with Gasteiger partial charge in [-0.3, -0.25) is 0 Å². The Morgan fingerprint density at radius 1 is 0.793 bits per heavy atom. The van der Waals surface area contributed by atoms with E-state index in [0.717, 1.165) is 23.5 Å². The highest BCUT2D eigenvalue weighted by Crippen LogP contribution is 2.31. The van der Waals surface area contributed by atoms with Gasteiger partial charge in [0, 0.05) is 5.69 Å². The number of nitrogens with one attached hydrogen (secondary N) is 2. The van der Waals surface area contributed by atoms with Crippen molar-refractivity contribution >= 4 is 23.1 Å². The van der Waals surface area contributed by atoms with Crippen LogP contribution in [0.3, 0.4) is 0 Å². The highest BCUT2D eigenvalue weighted by Gasteiger charge is 2.08. The van der Waals surface area contributed by atoms with E-state index in [1.807, 2.05) is 72.8 Å². The van der Waals surface area contributed by atoms with Gasteiger partial charge in [-0.15, -0.1) is 5.10 Å². The van der Waals surface area contributed by atoms with Gasteiger partial charge in [-0.05, 0) is 42.3 Å². The van der Waals surface area contributed by atoms with Crippen LogP contribution < -0.4 is 15.4 Å². The quantitative estimate of drug-likeness (QED) is 0.426. The van der Waals surface area contributed by atoms with Crippen molar-refractivity contribution in [3.05, 3.63) is 90.6 Å². The molecule has 0 fully saturated rings. The van der Waals surface area contributed by atoms with Gasteiger partial charge in [0.1, 0.15) is 5.75 Å². The fourth-order valence-corrected chi connectivity index (χ4v) is 2.90. The zero-order valence-corrected chi connectivity index (χ0v) is 16.0. The number of aromatic nitrogens is 3. The topological polar surface area (TPSA) is 72.0 Å².